The van der Waals surface area contributed by atoms with Crippen molar-refractivity contribution in [3.8, 4) is 11.3 Å². The summed E-state index contributed by atoms with van der Waals surface area (Å²) in [6, 6.07) is 12.7. The third kappa shape index (κ3) is 1.72. The molecule has 0 fully saturated rings. The highest BCUT2D eigenvalue weighted by Crippen LogP contribution is 2.15. The molecule has 0 bridgehead atoms. The highest BCUT2D eigenvalue weighted by Gasteiger charge is 1.97. The normalized spacial score (nSPS) is 9.92. The molecule has 0 amide bonds. The van der Waals surface area contributed by atoms with Crippen LogP contribution in [0.4, 0.5) is 0 Å². The Hall–Kier alpha value is -1.70. The van der Waals surface area contributed by atoms with E-state index in [1.807, 2.05) is 37.3 Å². The van der Waals surface area contributed by atoms with Gasteiger partial charge in [-0.15, -0.1) is 0 Å². The fourth-order valence-electron chi connectivity index (χ4n) is 1.16. The van der Waals surface area contributed by atoms with Crippen molar-refractivity contribution < 1.29 is 0 Å². The zero-order valence-electron chi connectivity index (χ0n) is 7.36. The summed E-state index contributed by atoms with van der Waals surface area (Å²) in [5, 5.41) is 7.95. The highest BCUT2D eigenvalue weighted by molar-refractivity contribution is 5.58. The lowest BCUT2D eigenvalue weighted by atomic mass is 10.1. The Kier molecular flexibility index (Phi) is 2.04. The van der Waals surface area contributed by atoms with Crippen molar-refractivity contribution in [3.63, 3.8) is 0 Å². The average Bonchev–Trinajstić information content (AvgIpc) is 2.19. The van der Waals surface area contributed by atoms with Crippen LogP contribution >= 0.6 is 0 Å². The molecule has 2 rings (SSSR count). The standard InChI is InChI=1S/C11H9N2/c1-9-7-11(13-12-8-9)10-5-3-2-4-6-10/h3-8H,1H3. The van der Waals surface area contributed by atoms with Crippen LogP contribution < -0.4 is 0 Å². The lowest BCUT2D eigenvalue weighted by molar-refractivity contribution is 1.02. The quantitative estimate of drug-likeness (QED) is 0.654. The summed E-state index contributed by atoms with van der Waals surface area (Å²) in [6.07, 6.45) is 1.75. The second-order valence-corrected chi connectivity index (χ2v) is 2.91. The van der Waals surface area contributed by atoms with Crippen molar-refractivity contribution in [2.45, 2.75) is 6.92 Å². The summed E-state index contributed by atoms with van der Waals surface area (Å²) >= 11 is 0. The third-order valence-electron chi connectivity index (χ3n) is 1.81. The summed E-state index contributed by atoms with van der Waals surface area (Å²) < 4.78 is 0. The summed E-state index contributed by atoms with van der Waals surface area (Å²) in [6.45, 7) is 2.01. The van der Waals surface area contributed by atoms with Crippen LogP contribution in [0.3, 0.4) is 0 Å². The van der Waals surface area contributed by atoms with Gasteiger partial charge in [-0.25, -0.2) is 0 Å². The molecular formula is C11H9N2. The highest BCUT2D eigenvalue weighted by atomic mass is 15.1. The maximum Gasteiger partial charge on any atom is 0.0932 e. The molecular weight excluding hydrogens is 160 g/mol. The summed E-state index contributed by atoms with van der Waals surface area (Å²) in [4.78, 5) is 0. The molecule has 1 radical (unpaired) electrons. The number of rotatable bonds is 1. The Morgan fingerprint density at radius 1 is 1.23 bits per heavy atom. The van der Waals surface area contributed by atoms with E-state index in [1.54, 1.807) is 6.20 Å². The molecule has 0 atom stereocenters. The number of hydrogen-bond acceptors (Lipinski definition) is 2. The lowest BCUT2D eigenvalue weighted by Crippen LogP contribution is -1.87. The van der Waals surface area contributed by atoms with Gasteiger partial charge in [-0.3, -0.25) is 0 Å². The number of hydrogen-bond donors (Lipinski definition) is 0. The Morgan fingerprint density at radius 2 is 2.00 bits per heavy atom. The Labute approximate surface area is 77.3 Å². The van der Waals surface area contributed by atoms with Crippen molar-refractivity contribution in [2.24, 2.45) is 0 Å². The molecule has 0 saturated heterocycles. The summed E-state index contributed by atoms with van der Waals surface area (Å²) in [5.41, 5.74) is 3.11. The molecule has 2 aromatic rings. The maximum atomic E-state index is 4.05. The lowest BCUT2D eigenvalue weighted by Gasteiger charge is -1.98. The van der Waals surface area contributed by atoms with Gasteiger partial charge in [0, 0.05) is 5.56 Å². The van der Waals surface area contributed by atoms with E-state index in [9.17, 15) is 0 Å². The summed E-state index contributed by atoms with van der Waals surface area (Å²) in [7, 11) is 0. The van der Waals surface area contributed by atoms with Gasteiger partial charge in [0.25, 0.3) is 0 Å². The Balaban J connectivity index is 2.48. The van der Waals surface area contributed by atoms with Gasteiger partial charge < -0.3 is 0 Å². The maximum absolute atomic E-state index is 4.05. The molecule has 1 heterocycles. The first-order valence-electron chi connectivity index (χ1n) is 4.12. The predicted molar refractivity (Wildman–Crippen MR) is 51.0 cm³/mol. The first-order chi connectivity index (χ1) is 6.36. The van der Waals surface area contributed by atoms with Crippen LogP contribution in [-0.2, 0) is 0 Å². The zero-order chi connectivity index (χ0) is 9.10. The van der Waals surface area contributed by atoms with Gasteiger partial charge >= 0.3 is 0 Å². The fraction of sp³-hybridized carbons (Fsp3) is 0.0909. The van der Waals surface area contributed by atoms with E-state index in [0.717, 1.165) is 16.8 Å². The second-order valence-electron chi connectivity index (χ2n) is 2.91. The average molecular weight is 169 g/mol. The van der Waals surface area contributed by atoms with Gasteiger partial charge in [0.1, 0.15) is 0 Å². The topological polar surface area (TPSA) is 25.8 Å². The minimum absolute atomic E-state index is 0.911. The van der Waals surface area contributed by atoms with Crippen molar-refractivity contribution in [2.75, 3.05) is 0 Å². The van der Waals surface area contributed by atoms with Crippen molar-refractivity contribution in [1.82, 2.24) is 10.2 Å². The Bertz CT molecular complexity index is 396. The monoisotopic (exact) mass is 169 g/mol. The predicted octanol–water partition coefficient (Wildman–Crippen LogP) is 2.25. The van der Waals surface area contributed by atoms with E-state index in [1.165, 1.54) is 0 Å². The zero-order valence-corrected chi connectivity index (χ0v) is 7.36. The van der Waals surface area contributed by atoms with Crippen LogP contribution in [0.15, 0.2) is 36.5 Å². The van der Waals surface area contributed by atoms with Crippen LogP contribution in [0.2, 0.25) is 0 Å². The van der Waals surface area contributed by atoms with E-state index in [4.69, 9.17) is 0 Å². The molecule has 0 aliphatic carbocycles. The van der Waals surface area contributed by atoms with E-state index in [0.29, 0.717) is 0 Å². The molecule has 13 heavy (non-hydrogen) atoms. The first-order valence-corrected chi connectivity index (χ1v) is 4.12. The van der Waals surface area contributed by atoms with E-state index >= 15 is 0 Å². The smallest absolute Gasteiger partial charge is 0.0932 e. The van der Waals surface area contributed by atoms with Gasteiger partial charge in [-0.05, 0) is 24.6 Å². The van der Waals surface area contributed by atoms with Gasteiger partial charge in [0.15, 0.2) is 0 Å². The first kappa shape index (κ1) is 7.92. The van der Waals surface area contributed by atoms with Gasteiger partial charge in [-0.1, -0.05) is 24.3 Å². The van der Waals surface area contributed by atoms with Gasteiger partial charge in [0.05, 0.1) is 11.9 Å². The second kappa shape index (κ2) is 3.35. The van der Waals surface area contributed by atoms with Crippen molar-refractivity contribution >= 4 is 0 Å². The molecule has 0 spiro atoms. The van der Waals surface area contributed by atoms with E-state index < -0.39 is 0 Å². The van der Waals surface area contributed by atoms with E-state index in [2.05, 4.69) is 16.3 Å². The molecule has 2 heteroatoms. The molecule has 0 N–H and O–H groups in total. The molecule has 0 unspecified atom stereocenters. The minimum atomic E-state index is 0.911. The number of aromatic nitrogens is 2. The van der Waals surface area contributed by atoms with Crippen molar-refractivity contribution in [3.05, 3.63) is 48.2 Å². The molecule has 1 aromatic carbocycles. The third-order valence-corrected chi connectivity index (χ3v) is 1.81. The number of aryl methyl sites for hydroxylation is 1. The SMILES string of the molecule is Cc1cnnc(-c2cc[c]cc2)c1. The van der Waals surface area contributed by atoms with Crippen LogP contribution in [0.5, 0.6) is 0 Å². The molecule has 0 aliphatic heterocycles. The minimum Gasteiger partial charge on any atom is -0.158 e. The van der Waals surface area contributed by atoms with Crippen LogP contribution in [0.1, 0.15) is 5.56 Å². The summed E-state index contributed by atoms with van der Waals surface area (Å²) in [5.74, 6) is 0. The van der Waals surface area contributed by atoms with Gasteiger partial charge in [-0.2, -0.15) is 10.2 Å². The molecule has 0 saturated carbocycles. The largest absolute Gasteiger partial charge is 0.158 e. The molecule has 63 valence electrons. The van der Waals surface area contributed by atoms with Crippen LogP contribution in [0.25, 0.3) is 11.3 Å². The Morgan fingerprint density at radius 3 is 2.69 bits per heavy atom. The molecule has 1 aromatic heterocycles. The molecule has 2 nitrogen and oxygen atoms in total. The number of nitrogens with zero attached hydrogens (tertiary/aromatic N) is 2. The van der Waals surface area contributed by atoms with Gasteiger partial charge in [0.2, 0.25) is 0 Å². The molecule has 0 aliphatic rings. The van der Waals surface area contributed by atoms with E-state index in [-0.39, 0.29) is 0 Å². The van der Waals surface area contributed by atoms with Crippen LogP contribution in [-0.4, -0.2) is 10.2 Å². The van der Waals surface area contributed by atoms with Crippen molar-refractivity contribution in [1.29, 1.82) is 0 Å². The fourth-order valence-corrected chi connectivity index (χ4v) is 1.16. The van der Waals surface area contributed by atoms with Crippen LogP contribution in [0, 0.1) is 13.0 Å². The number of benzene rings is 1.